The van der Waals surface area contributed by atoms with Crippen molar-refractivity contribution in [3.8, 4) is 17.2 Å². The van der Waals surface area contributed by atoms with Crippen LogP contribution in [-0.2, 0) is 0 Å². The number of benzene rings is 3. The summed E-state index contributed by atoms with van der Waals surface area (Å²) < 4.78 is 19.2. The average molecular weight is 504 g/mol. The van der Waals surface area contributed by atoms with Gasteiger partial charge in [-0.3, -0.25) is 15.0 Å². The zero-order chi connectivity index (χ0) is 25.4. The number of aromatic nitrogens is 3. The van der Waals surface area contributed by atoms with E-state index in [1.165, 1.54) is 0 Å². The first-order chi connectivity index (χ1) is 18.1. The third kappa shape index (κ3) is 4.25. The zero-order valence-electron chi connectivity index (χ0n) is 19.5. The van der Waals surface area contributed by atoms with Crippen LogP contribution in [0, 0.1) is 0 Å². The predicted molar refractivity (Wildman–Crippen MR) is 146 cm³/mol. The molecule has 9 nitrogen and oxygen atoms in total. The standard InChI is InChI=1S/3C9H8N2O.Al/c3*10-7-3-4-8(12)9-6(7)2-1-5-11-9;/h3*1-5,12H,10H2;/q;;;+3/p-3. The van der Waals surface area contributed by atoms with Gasteiger partial charge < -0.3 is 28.6 Å². The summed E-state index contributed by atoms with van der Waals surface area (Å²) in [4.78, 5) is 13.4. The minimum absolute atomic E-state index is 0.488. The van der Waals surface area contributed by atoms with Gasteiger partial charge in [-0.2, -0.15) is 0 Å². The molecule has 180 valence electrons. The SMILES string of the molecule is Nc1ccc([O][Al]([O]c2ccc(N)c3cccnc23)[O]c2ccc(N)c3cccnc23)c2ncccc12. The minimum atomic E-state index is -3.03. The monoisotopic (exact) mass is 504 g/mol. The van der Waals surface area contributed by atoms with Gasteiger partial charge in [0.15, 0.2) is 0 Å². The minimum Gasteiger partial charge on any atom is -0.576 e. The first kappa shape index (κ1) is 22.7. The third-order valence-electron chi connectivity index (χ3n) is 5.97. The number of pyridine rings is 3. The van der Waals surface area contributed by atoms with Gasteiger partial charge in [-0.1, -0.05) is 0 Å². The number of nitrogens with two attached hydrogens (primary N) is 3. The molecular formula is C27H21AlN6O3. The lowest BCUT2D eigenvalue weighted by Gasteiger charge is -2.19. The van der Waals surface area contributed by atoms with Crippen molar-refractivity contribution < 1.29 is 11.4 Å². The van der Waals surface area contributed by atoms with E-state index in [1.807, 2.05) is 36.4 Å². The summed E-state index contributed by atoms with van der Waals surface area (Å²) >= 11 is -3.03. The number of rotatable bonds is 6. The topological polar surface area (TPSA) is 144 Å². The van der Waals surface area contributed by atoms with Crippen molar-refractivity contribution in [3.05, 3.63) is 91.4 Å². The molecule has 0 spiro atoms. The lowest BCUT2D eigenvalue weighted by Crippen LogP contribution is -2.37. The van der Waals surface area contributed by atoms with Gasteiger partial charge >= 0.3 is 15.1 Å². The number of fused-ring (bicyclic) bond motifs is 3. The molecular weight excluding hydrogens is 483 g/mol. The summed E-state index contributed by atoms with van der Waals surface area (Å²) in [7, 11) is 0. The molecule has 0 amide bonds. The van der Waals surface area contributed by atoms with E-state index >= 15 is 0 Å². The van der Waals surface area contributed by atoms with Gasteiger partial charge in [0.25, 0.3) is 0 Å². The van der Waals surface area contributed by atoms with E-state index in [4.69, 9.17) is 28.6 Å². The van der Waals surface area contributed by atoms with E-state index in [1.54, 1.807) is 55.0 Å². The van der Waals surface area contributed by atoms with Crippen LogP contribution >= 0.6 is 0 Å². The van der Waals surface area contributed by atoms with Gasteiger partial charge in [-0.05, 0) is 72.8 Å². The van der Waals surface area contributed by atoms with Crippen molar-refractivity contribution in [2.75, 3.05) is 17.2 Å². The van der Waals surface area contributed by atoms with Crippen molar-refractivity contribution in [1.29, 1.82) is 0 Å². The molecule has 3 heterocycles. The molecule has 0 bridgehead atoms. The Hall–Kier alpha value is -4.78. The normalized spacial score (nSPS) is 11.0. The second kappa shape index (κ2) is 9.35. The zero-order valence-corrected chi connectivity index (χ0v) is 20.7. The lowest BCUT2D eigenvalue weighted by atomic mass is 10.2. The van der Waals surface area contributed by atoms with Gasteiger partial charge in [0, 0.05) is 51.8 Å². The highest BCUT2D eigenvalue weighted by atomic mass is 27.3. The Morgan fingerprint density at radius 1 is 0.459 bits per heavy atom. The van der Waals surface area contributed by atoms with Crippen LogP contribution in [0.5, 0.6) is 17.2 Å². The number of nitrogen functional groups attached to an aromatic ring is 3. The van der Waals surface area contributed by atoms with E-state index in [0.29, 0.717) is 50.9 Å². The molecule has 3 aromatic carbocycles. The van der Waals surface area contributed by atoms with Crippen LogP contribution in [0.15, 0.2) is 91.4 Å². The summed E-state index contributed by atoms with van der Waals surface area (Å²) in [5.41, 5.74) is 22.1. The molecule has 6 aromatic rings. The van der Waals surface area contributed by atoms with E-state index in [9.17, 15) is 0 Å². The van der Waals surface area contributed by atoms with Gasteiger partial charge in [-0.15, -0.1) is 0 Å². The Kier molecular flexibility index (Phi) is 5.73. The Morgan fingerprint density at radius 2 is 0.784 bits per heavy atom. The summed E-state index contributed by atoms with van der Waals surface area (Å²) in [6.07, 6.45) is 5.05. The highest BCUT2D eigenvalue weighted by Crippen LogP contribution is 2.33. The summed E-state index contributed by atoms with van der Waals surface area (Å²) in [6.45, 7) is 0. The fourth-order valence-electron chi connectivity index (χ4n) is 4.17. The molecule has 0 radical (unpaired) electrons. The van der Waals surface area contributed by atoms with E-state index in [-0.39, 0.29) is 0 Å². The van der Waals surface area contributed by atoms with Crippen LogP contribution in [0.25, 0.3) is 32.7 Å². The van der Waals surface area contributed by atoms with E-state index in [2.05, 4.69) is 15.0 Å². The molecule has 0 aliphatic heterocycles. The maximum atomic E-state index is 6.41. The van der Waals surface area contributed by atoms with Gasteiger partial charge in [0.1, 0.15) is 33.8 Å². The van der Waals surface area contributed by atoms with Gasteiger partial charge in [-0.25, -0.2) is 0 Å². The number of hydrogen-bond acceptors (Lipinski definition) is 9. The highest BCUT2D eigenvalue weighted by Gasteiger charge is 2.46. The third-order valence-corrected chi connectivity index (χ3v) is 7.31. The molecule has 0 saturated heterocycles. The average Bonchev–Trinajstić information content (AvgIpc) is 2.94. The van der Waals surface area contributed by atoms with Gasteiger partial charge in [0.2, 0.25) is 0 Å². The molecule has 0 aliphatic carbocycles. The Bertz CT molecular complexity index is 1570. The molecule has 3 aromatic heterocycles. The van der Waals surface area contributed by atoms with Crippen LogP contribution in [0.1, 0.15) is 0 Å². The Labute approximate surface area is 216 Å². The smallest absolute Gasteiger partial charge is 0.576 e. The summed E-state index contributed by atoms with van der Waals surface area (Å²) in [6, 6.07) is 21.7. The molecule has 6 rings (SSSR count). The van der Waals surface area contributed by atoms with Crippen LogP contribution < -0.4 is 28.6 Å². The second-order valence-electron chi connectivity index (χ2n) is 8.30. The molecule has 0 saturated carbocycles. The molecule has 10 heteroatoms. The molecule has 6 N–H and O–H groups in total. The molecule has 0 atom stereocenters. The first-order valence-corrected chi connectivity index (χ1v) is 12.9. The van der Waals surface area contributed by atoms with Crippen LogP contribution in [0.4, 0.5) is 17.1 Å². The fraction of sp³-hybridized carbons (Fsp3) is 0. The van der Waals surface area contributed by atoms with Crippen LogP contribution in [0.2, 0.25) is 0 Å². The second-order valence-corrected chi connectivity index (χ2v) is 9.58. The van der Waals surface area contributed by atoms with Crippen molar-refractivity contribution >= 4 is 64.9 Å². The Morgan fingerprint density at radius 3 is 1.11 bits per heavy atom. The number of hydrogen-bond donors (Lipinski definition) is 3. The summed E-state index contributed by atoms with van der Waals surface area (Å²) in [5.74, 6) is 1.46. The van der Waals surface area contributed by atoms with Crippen molar-refractivity contribution in [3.63, 3.8) is 0 Å². The largest absolute Gasteiger partial charge is 1.20 e. The van der Waals surface area contributed by atoms with Crippen LogP contribution in [-0.4, -0.2) is 30.1 Å². The van der Waals surface area contributed by atoms with E-state index < -0.39 is 15.1 Å². The molecule has 0 fully saturated rings. The van der Waals surface area contributed by atoms with Crippen molar-refractivity contribution in [2.24, 2.45) is 0 Å². The molecule has 0 aliphatic rings. The molecule has 0 unspecified atom stereocenters. The molecule has 37 heavy (non-hydrogen) atoms. The number of nitrogens with zero attached hydrogens (tertiary/aromatic N) is 3. The fourth-order valence-corrected chi connectivity index (χ4v) is 5.51. The maximum absolute atomic E-state index is 6.41. The highest BCUT2D eigenvalue weighted by molar-refractivity contribution is 6.40. The van der Waals surface area contributed by atoms with Crippen molar-refractivity contribution in [2.45, 2.75) is 0 Å². The van der Waals surface area contributed by atoms with Crippen LogP contribution in [0.3, 0.4) is 0 Å². The van der Waals surface area contributed by atoms with E-state index in [0.717, 1.165) is 16.2 Å². The lowest BCUT2D eigenvalue weighted by molar-refractivity contribution is 0.311. The Balaban J connectivity index is 1.45. The quantitative estimate of drug-likeness (QED) is 0.219. The first-order valence-electron chi connectivity index (χ1n) is 11.5. The maximum Gasteiger partial charge on any atom is 1.20 e. The predicted octanol–water partition coefficient (Wildman–Crippen LogP) is 4.60. The van der Waals surface area contributed by atoms with Crippen molar-refractivity contribution in [1.82, 2.24) is 15.0 Å². The van der Waals surface area contributed by atoms with Gasteiger partial charge in [0.05, 0.1) is 0 Å². The number of anilines is 3. The summed E-state index contributed by atoms with van der Waals surface area (Å²) in [5, 5.41) is 2.31.